The molecule has 1 aromatic heterocycles. The third-order valence-corrected chi connectivity index (χ3v) is 5.51. The summed E-state index contributed by atoms with van der Waals surface area (Å²) in [5.41, 5.74) is 0.559. The lowest BCUT2D eigenvalue weighted by Gasteiger charge is -2.32. The molecule has 1 saturated heterocycles. The summed E-state index contributed by atoms with van der Waals surface area (Å²) in [6, 6.07) is 8.52. The Bertz CT molecular complexity index is 959. The number of Topliss-reactive ketones (excluding diaryl/α,β-unsaturated/α-hetero) is 1. The summed E-state index contributed by atoms with van der Waals surface area (Å²) in [7, 11) is 1.53. The lowest BCUT2D eigenvalue weighted by atomic mass is 10.0. The van der Waals surface area contributed by atoms with Gasteiger partial charge in [0.25, 0.3) is 5.91 Å². The van der Waals surface area contributed by atoms with Gasteiger partial charge >= 0.3 is 0 Å². The number of nitrogens with zero attached hydrogens (tertiary/aromatic N) is 1. The first kappa shape index (κ1) is 23.4. The SMILES string of the molecule is COc1cc(C(C)=O)ccc1OCCCC(=O)N1CCC(NC(=O)c2ccc(C)o2)CC1. The van der Waals surface area contributed by atoms with Crippen LogP contribution in [0, 0.1) is 6.92 Å². The highest BCUT2D eigenvalue weighted by atomic mass is 16.5. The third kappa shape index (κ3) is 6.12. The highest BCUT2D eigenvalue weighted by molar-refractivity contribution is 5.94. The van der Waals surface area contributed by atoms with E-state index in [-0.39, 0.29) is 23.6 Å². The van der Waals surface area contributed by atoms with Crippen LogP contribution in [0.25, 0.3) is 0 Å². The van der Waals surface area contributed by atoms with Crippen LogP contribution in [0.2, 0.25) is 0 Å². The third-order valence-electron chi connectivity index (χ3n) is 5.51. The Labute approximate surface area is 187 Å². The lowest BCUT2D eigenvalue weighted by Crippen LogP contribution is -2.46. The molecule has 1 aliphatic heterocycles. The van der Waals surface area contributed by atoms with Gasteiger partial charge in [0.2, 0.25) is 5.91 Å². The van der Waals surface area contributed by atoms with Crippen molar-refractivity contribution in [2.75, 3.05) is 26.8 Å². The standard InChI is InChI=1S/C24H30N2O6/c1-16-6-8-21(32-16)24(29)25-19-10-12-26(13-11-19)23(28)5-4-14-31-20-9-7-18(17(2)27)15-22(20)30-3/h6-9,15,19H,4-5,10-14H2,1-3H3,(H,25,29). The molecule has 0 radical (unpaired) electrons. The molecule has 1 aromatic carbocycles. The Hall–Kier alpha value is -3.29. The van der Waals surface area contributed by atoms with Gasteiger partial charge in [-0.25, -0.2) is 0 Å². The molecule has 1 fully saturated rings. The molecule has 0 unspecified atom stereocenters. The highest BCUT2D eigenvalue weighted by Crippen LogP contribution is 2.28. The van der Waals surface area contributed by atoms with Crippen molar-refractivity contribution in [3.63, 3.8) is 0 Å². The number of hydrogen-bond donors (Lipinski definition) is 1. The van der Waals surface area contributed by atoms with Crippen LogP contribution in [-0.2, 0) is 4.79 Å². The van der Waals surface area contributed by atoms with E-state index in [0.717, 1.165) is 0 Å². The Balaban J connectivity index is 1.37. The summed E-state index contributed by atoms with van der Waals surface area (Å²) in [6.07, 6.45) is 2.39. The molecule has 1 aliphatic rings. The number of aryl methyl sites for hydroxylation is 1. The first-order valence-corrected chi connectivity index (χ1v) is 10.8. The molecular formula is C24H30N2O6. The Kier molecular flexibility index (Phi) is 7.92. The first-order valence-electron chi connectivity index (χ1n) is 10.8. The summed E-state index contributed by atoms with van der Waals surface area (Å²) in [4.78, 5) is 38.0. The number of ketones is 1. The highest BCUT2D eigenvalue weighted by Gasteiger charge is 2.24. The van der Waals surface area contributed by atoms with E-state index in [1.54, 1.807) is 37.3 Å². The van der Waals surface area contributed by atoms with Crippen molar-refractivity contribution >= 4 is 17.6 Å². The van der Waals surface area contributed by atoms with E-state index < -0.39 is 0 Å². The van der Waals surface area contributed by atoms with Gasteiger partial charge in [0.05, 0.1) is 13.7 Å². The van der Waals surface area contributed by atoms with Crippen LogP contribution < -0.4 is 14.8 Å². The predicted molar refractivity (Wildman–Crippen MR) is 118 cm³/mol. The van der Waals surface area contributed by atoms with Crippen molar-refractivity contribution in [3.8, 4) is 11.5 Å². The van der Waals surface area contributed by atoms with Gasteiger partial charge in [-0.05, 0) is 63.4 Å². The normalized spacial score (nSPS) is 14.2. The molecule has 0 saturated carbocycles. The van der Waals surface area contributed by atoms with Crippen molar-refractivity contribution in [2.45, 2.75) is 45.6 Å². The van der Waals surface area contributed by atoms with Gasteiger partial charge in [0.15, 0.2) is 23.0 Å². The number of furan rings is 1. The van der Waals surface area contributed by atoms with E-state index in [0.29, 0.717) is 74.0 Å². The van der Waals surface area contributed by atoms with Crippen LogP contribution in [0.4, 0.5) is 0 Å². The first-order chi connectivity index (χ1) is 15.4. The lowest BCUT2D eigenvalue weighted by molar-refractivity contribution is -0.132. The number of methoxy groups -OCH3 is 1. The molecule has 8 nitrogen and oxygen atoms in total. The van der Waals surface area contributed by atoms with Crippen molar-refractivity contribution in [3.05, 3.63) is 47.4 Å². The second kappa shape index (κ2) is 10.8. The van der Waals surface area contributed by atoms with Gasteiger partial charge in [-0.15, -0.1) is 0 Å². The van der Waals surface area contributed by atoms with Crippen LogP contribution in [-0.4, -0.2) is 55.3 Å². The molecule has 172 valence electrons. The molecule has 3 rings (SSSR count). The molecule has 2 heterocycles. The van der Waals surface area contributed by atoms with Crippen LogP contribution in [0.3, 0.4) is 0 Å². The van der Waals surface area contributed by atoms with Crippen molar-refractivity contribution < 1.29 is 28.3 Å². The van der Waals surface area contributed by atoms with Crippen molar-refractivity contribution in [2.24, 2.45) is 0 Å². The van der Waals surface area contributed by atoms with Crippen LogP contribution in [0.1, 0.15) is 59.3 Å². The van der Waals surface area contributed by atoms with Gasteiger partial charge in [0, 0.05) is 31.1 Å². The topological polar surface area (TPSA) is 98.1 Å². The largest absolute Gasteiger partial charge is 0.493 e. The summed E-state index contributed by atoms with van der Waals surface area (Å²) >= 11 is 0. The molecule has 0 aliphatic carbocycles. The Morgan fingerprint density at radius 1 is 1.12 bits per heavy atom. The predicted octanol–water partition coefficient (Wildman–Crippen LogP) is 3.38. The molecule has 2 amide bonds. The second-order valence-electron chi connectivity index (χ2n) is 7.91. The second-order valence-corrected chi connectivity index (χ2v) is 7.91. The van der Waals surface area contributed by atoms with Gasteiger partial charge in [-0.3, -0.25) is 14.4 Å². The zero-order chi connectivity index (χ0) is 23.1. The molecule has 8 heteroatoms. The molecule has 0 bridgehead atoms. The minimum atomic E-state index is -0.216. The minimum Gasteiger partial charge on any atom is -0.493 e. The van der Waals surface area contributed by atoms with E-state index in [9.17, 15) is 14.4 Å². The van der Waals surface area contributed by atoms with Gasteiger partial charge in [-0.1, -0.05) is 0 Å². The number of carbonyl (C=O) groups excluding carboxylic acids is 3. The zero-order valence-corrected chi connectivity index (χ0v) is 18.8. The molecule has 1 N–H and O–H groups in total. The summed E-state index contributed by atoms with van der Waals surface area (Å²) < 4.78 is 16.4. The van der Waals surface area contributed by atoms with E-state index in [1.165, 1.54) is 14.0 Å². The molecule has 32 heavy (non-hydrogen) atoms. The Morgan fingerprint density at radius 3 is 2.50 bits per heavy atom. The van der Waals surface area contributed by atoms with Crippen LogP contribution in [0.15, 0.2) is 34.7 Å². The fourth-order valence-corrected chi connectivity index (χ4v) is 3.66. The number of nitrogens with one attached hydrogen (secondary N) is 1. The maximum Gasteiger partial charge on any atom is 0.287 e. The Morgan fingerprint density at radius 2 is 1.88 bits per heavy atom. The number of ether oxygens (including phenoxy) is 2. The van der Waals surface area contributed by atoms with Gasteiger partial charge in [0.1, 0.15) is 5.76 Å². The zero-order valence-electron chi connectivity index (χ0n) is 18.8. The van der Waals surface area contributed by atoms with Crippen LogP contribution in [0.5, 0.6) is 11.5 Å². The molecular weight excluding hydrogens is 412 g/mol. The van der Waals surface area contributed by atoms with E-state index in [4.69, 9.17) is 13.9 Å². The van der Waals surface area contributed by atoms with Gasteiger partial charge < -0.3 is 24.1 Å². The number of hydrogen-bond acceptors (Lipinski definition) is 6. The average Bonchev–Trinajstić information content (AvgIpc) is 3.23. The fraction of sp³-hybridized carbons (Fsp3) is 0.458. The van der Waals surface area contributed by atoms with E-state index in [2.05, 4.69) is 5.32 Å². The number of likely N-dealkylation sites (tertiary alicyclic amines) is 1. The number of carbonyl (C=O) groups is 3. The molecule has 0 spiro atoms. The number of piperidine rings is 1. The summed E-state index contributed by atoms with van der Waals surface area (Å²) in [5.74, 6) is 1.89. The maximum absolute atomic E-state index is 12.5. The minimum absolute atomic E-state index is 0.0331. The fourth-order valence-electron chi connectivity index (χ4n) is 3.66. The maximum atomic E-state index is 12.5. The summed E-state index contributed by atoms with van der Waals surface area (Å²) in [6.45, 7) is 4.89. The van der Waals surface area contributed by atoms with Crippen LogP contribution >= 0.6 is 0 Å². The smallest absolute Gasteiger partial charge is 0.287 e. The molecule has 2 aromatic rings. The monoisotopic (exact) mass is 442 g/mol. The molecule has 0 atom stereocenters. The van der Waals surface area contributed by atoms with Crippen molar-refractivity contribution in [1.29, 1.82) is 0 Å². The van der Waals surface area contributed by atoms with Crippen molar-refractivity contribution in [1.82, 2.24) is 10.2 Å². The number of benzene rings is 1. The van der Waals surface area contributed by atoms with Gasteiger partial charge in [-0.2, -0.15) is 0 Å². The van der Waals surface area contributed by atoms with E-state index >= 15 is 0 Å². The number of rotatable bonds is 9. The quantitative estimate of drug-likeness (QED) is 0.472. The average molecular weight is 443 g/mol. The number of amides is 2. The van der Waals surface area contributed by atoms with E-state index in [1.807, 2.05) is 4.90 Å². The summed E-state index contributed by atoms with van der Waals surface area (Å²) in [5, 5.41) is 2.98.